The van der Waals surface area contributed by atoms with Crippen molar-refractivity contribution in [1.82, 2.24) is 9.78 Å². The number of piperidine rings is 1. The van der Waals surface area contributed by atoms with Crippen LogP contribution < -0.4 is 20.3 Å². The monoisotopic (exact) mass is 463 g/mol. The van der Waals surface area contributed by atoms with Crippen LogP contribution in [0.2, 0.25) is 0 Å². The van der Waals surface area contributed by atoms with Gasteiger partial charge < -0.3 is 20.3 Å². The molecule has 3 aromatic rings. The Labute approximate surface area is 202 Å². The third-order valence-corrected chi connectivity index (χ3v) is 5.94. The molecule has 174 valence electrons. The van der Waals surface area contributed by atoms with E-state index in [2.05, 4.69) is 5.10 Å². The second-order valence-electron chi connectivity index (χ2n) is 7.88. The van der Waals surface area contributed by atoms with E-state index in [9.17, 15) is 14.4 Å². The summed E-state index contributed by atoms with van der Waals surface area (Å²) in [7, 11) is 1.54. The average molecular weight is 464 g/mol. The highest BCUT2D eigenvalue weighted by Crippen LogP contribution is 2.31. The number of amides is 3. The summed E-state index contributed by atoms with van der Waals surface area (Å²) in [5.41, 5.74) is 7.79. The number of nitrogens with zero attached hydrogens (tertiary/aromatic N) is 4. The number of carbonyl (C=O) groups is 3. The molecule has 3 amide bonds. The van der Waals surface area contributed by atoms with Crippen LogP contribution in [0.25, 0.3) is 5.69 Å². The highest BCUT2D eigenvalue weighted by Gasteiger charge is 2.34. The first kappa shape index (κ1) is 17.4. The third-order valence-electron chi connectivity index (χ3n) is 5.94. The van der Waals surface area contributed by atoms with Crippen molar-refractivity contribution in [1.29, 1.82) is 0 Å². The van der Waals surface area contributed by atoms with Crippen molar-refractivity contribution in [3.8, 4) is 11.4 Å². The van der Waals surface area contributed by atoms with E-state index in [1.165, 1.54) is 21.6 Å². The molecule has 2 aliphatic heterocycles. The number of hydrogen-bond acceptors (Lipinski definition) is 5. The van der Waals surface area contributed by atoms with Crippen LogP contribution in [0.1, 0.15) is 51.2 Å². The van der Waals surface area contributed by atoms with E-state index in [4.69, 9.17) is 16.0 Å². The molecule has 0 unspecified atom stereocenters. The summed E-state index contributed by atoms with van der Waals surface area (Å²) >= 11 is 0. The van der Waals surface area contributed by atoms with Gasteiger partial charge in [-0.3, -0.25) is 14.4 Å². The fourth-order valence-electron chi connectivity index (χ4n) is 4.22. The highest BCUT2D eigenvalue weighted by atomic mass is 16.5. The topological polar surface area (TPSA) is 111 Å². The molecule has 0 saturated carbocycles. The van der Waals surface area contributed by atoms with Gasteiger partial charge in [-0.1, -0.05) is 0 Å². The van der Waals surface area contributed by atoms with Gasteiger partial charge >= 0.3 is 0 Å². The molecule has 0 atom stereocenters. The van der Waals surface area contributed by atoms with Crippen molar-refractivity contribution in [2.45, 2.75) is 25.6 Å². The van der Waals surface area contributed by atoms with E-state index >= 15 is 0 Å². The van der Waals surface area contributed by atoms with Crippen molar-refractivity contribution in [3.63, 3.8) is 0 Å². The summed E-state index contributed by atoms with van der Waals surface area (Å²) in [6.07, 6.45) is -4.68. The fraction of sp³-hybridized carbons (Fsp3) is 0.280. The molecule has 3 heterocycles. The molecule has 9 nitrogen and oxygen atoms in total. The molecule has 0 spiro atoms. The Morgan fingerprint density at radius 3 is 2.24 bits per heavy atom. The van der Waals surface area contributed by atoms with Crippen molar-refractivity contribution in [2.24, 2.45) is 5.73 Å². The Hall–Kier alpha value is -4.14. The summed E-state index contributed by atoms with van der Waals surface area (Å²) in [6.45, 7) is -0.147. The number of hydrogen-bond donors (Lipinski definition) is 1. The standard InChI is InChI=1S/C25H25N5O4/c1-34-19-11-9-18(10-12-19)30-23-20(22(27-30)24(26)32)13-15-29(25(23)33)17-7-5-16(6-8-17)28-14-3-2-4-21(28)31/h5-12H,2-4,13-15H2,1H3,(H2,26,32)/i2D2,3D2. The zero-order chi connectivity index (χ0) is 27.4. The van der Waals surface area contributed by atoms with E-state index in [0.717, 1.165) is 0 Å². The van der Waals surface area contributed by atoms with Crippen LogP contribution in [0.15, 0.2) is 48.5 Å². The van der Waals surface area contributed by atoms with Crippen molar-refractivity contribution in [2.75, 3.05) is 30.0 Å². The van der Waals surface area contributed by atoms with Crippen LogP contribution in [0, 0.1) is 0 Å². The van der Waals surface area contributed by atoms with Gasteiger partial charge in [0.1, 0.15) is 11.4 Å². The number of benzene rings is 2. The number of carbonyl (C=O) groups excluding carboxylic acids is 3. The summed E-state index contributed by atoms with van der Waals surface area (Å²) in [4.78, 5) is 41.1. The molecule has 5 rings (SSSR count). The van der Waals surface area contributed by atoms with Gasteiger partial charge in [0.2, 0.25) is 5.91 Å². The van der Waals surface area contributed by atoms with Crippen molar-refractivity contribution in [3.05, 3.63) is 65.5 Å². The molecule has 0 radical (unpaired) electrons. The lowest BCUT2D eigenvalue weighted by Crippen LogP contribution is -2.39. The maximum atomic E-state index is 13.7. The molecule has 2 aromatic carbocycles. The minimum Gasteiger partial charge on any atom is -0.497 e. The molecule has 1 aromatic heterocycles. The number of methoxy groups -OCH3 is 1. The Kier molecular flexibility index (Phi) is 4.42. The molecule has 0 aliphatic carbocycles. The van der Waals surface area contributed by atoms with Crippen LogP contribution in [0.5, 0.6) is 5.75 Å². The summed E-state index contributed by atoms with van der Waals surface area (Å²) in [5, 5.41) is 4.35. The van der Waals surface area contributed by atoms with Crippen molar-refractivity contribution >= 4 is 29.1 Å². The van der Waals surface area contributed by atoms with Crippen LogP contribution in [0.4, 0.5) is 11.4 Å². The minimum absolute atomic E-state index is 0.0388. The number of nitrogens with two attached hydrogens (primary N) is 1. The second-order valence-corrected chi connectivity index (χ2v) is 7.88. The first-order valence-corrected chi connectivity index (χ1v) is 10.7. The summed E-state index contributed by atoms with van der Waals surface area (Å²) in [6, 6.07) is 13.4. The number of aromatic nitrogens is 2. The molecular weight excluding hydrogens is 434 g/mol. The molecular formula is C25H25N5O4. The van der Waals surface area contributed by atoms with Crippen LogP contribution in [-0.2, 0) is 11.2 Å². The molecule has 2 aliphatic rings. The van der Waals surface area contributed by atoms with E-state index in [0.29, 0.717) is 34.8 Å². The maximum absolute atomic E-state index is 13.7. The lowest BCUT2D eigenvalue weighted by molar-refractivity contribution is -0.119. The first-order valence-electron chi connectivity index (χ1n) is 12.7. The Morgan fingerprint density at radius 1 is 0.941 bits per heavy atom. The largest absolute Gasteiger partial charge is 0.497 e. The SMILES string of the molecule is [2H]C1([2H])CC(=O)N(c2ccc(N3CCc4c(C(N)=O)nn(-c5ccc(OC)cc5)c4C3=O)cc2)CC1([2H])[2H]. The number of primary amides is 1. The molecule has 1 fully saturated rings. The molecule has 9 heteroatoms. The Balaban J connectivity index is 1.46. The number of anilines is 2. The number of fused-ring (bicyclic) bond motifs is 1. The van der Waals surface area contributed by atoms with Gasteiger partial charge in [-0.05, 0) is 67.7 Å². The molecule has 1 saturated heterocycles. The Morgan fingerprint density at radius 2 is 1.59 bits per heavy atom. The normalized spacial score (nSPS) is 20.6. The smallest absolute Gasteiger partial charge is 0.277 e. The number of rotatable bonds is 5. The van der Waals surface area contributed by atoms with Gasteiger partial charge in [0, 0.05) is 41.9 Å². The zero-order valence-corrected chi connectivity index (χ0v) is 18.4. The van der Waals surface area contributed by atoms with E-state index < -0.39 is 37.5 Å². The van der Waals surface area contributed by atoms with Gasteiger partial charge in [0.25, 0.3) is 11.8 Å². The third kappa shape index (κ3) is 3.68. The molecule has 2 N–H and O–H groups in total. The summed E-state index contributed by atoms with van der Waals surface area (Å²) in [5.74, 6) is -1.00. The predicted molar refractivity (Wildman–Crippen MR) is 127 cm³/mol. The quantitative estimate of drug-likeness (QED) is 0.625. The lowest BCUT2D eigenvalue weighted by Gasteiger charge is -2.29. The van der Waals surface area contributed by atoms with E-state index in [1.54, 1.807) is 48.5 Å². The highest BCUT2D eigenvalue weighted by molar-refractivity contribution is 6.09. The minimum atomic E-state index is -2.25. The van der Waals surface area contributed by atoms with Crippen LogP contribution in [-0.4, -0.2) is 47.7 Å². The van der Waals surface area contributed by atoms with Crippen LogP contribution >= 0.6 is 0 Å². The number of ether oxygens (including phenoxy) is 1. The summed E-state index contributed by atoms with van der Waals surface area (Å²) < 4.78 is 38.4. The van der Waals surface area contributed by atoms with E-state index in [-0.39, 0.29) is 23.8 Å². The Bertz CT molecular complexity index is 1440. The van der Waals surface area contributed by atoms with Gasteiger partial charge in [0.15, 0.2) is 5.69 Å². The predicted octanol–water partition coefficient (Wildman–Crippen LogP) is 2.70. The van der Waals surface area contributed by atoms with Gasteiger partial charge in [-0.15, -0.1) is 0 Å². The van der Waals surface area contributed by atoms with Crippen molar-refractivity contribution < 1.29 is 24.6 Å². The molecule has 34 heavy (non-hydrogen) atoms. The van der Waals surface area contributed by atoms with Gasteiger partial charge in [-0.2, -0.15) is 5.10 Å². The lowest BCUT2D eigenvalue weighted by atomic mass is 10.0. The second kappa shape index (κ2) is 8.66. The van der Waals surface area contributed by atoms with Gasteiger partial charge in [0.05, 0.1) is 12.8 Å². The fourth-order valence-corrected chi connectivity index (χ4v) is 4.22. The first-order chi connectivity index (χ1) is 17.9. The molecule has 0 bridgehead atoms. The van der Waals surface area contributed by atoms with E-state index in [1.807, 2.05) is 0 Å². The maximum Gasteiger partial charge on any atom is 0.277 e. The average Bonchev–Trinajstić information content (AvgIpc) is 3.28. The zero-order valence-electron chi connectivity index (χ0n) is 22.4. The van der Waals surface area contributed by atoms with Crippen LogP contribution in [0.3, 0.4) is 0 Å². The van der Waals surface area contributed by atoms with Gasteiger partial charge in [-0.25, -0.2) is 4.68 Å².